The third-order valence-corrected chi connectivity index (χ3v) is 2.41. The van der Waals surface area contributed by atoms with Gasteiger partial charge in [0.1, 0.15) is 29.7 Å². The number of aromatic carboxylic acids is 1. The number of hydrogen-bond acceptors (Lipinski definition) is 6. The van der Waals surface area contributed by atoms with Gasteiger partial charge in [-0.15, -0.1) is 0 Å². The molecular weight excluding hydrogens is 260 g/mol. The van der Waals surface area contributed by atoms with Crippen molar-refractivity contribution in [2.45, 2.75) is 6.92 Å². The summed E-state index contributed by atoms with van der Waals surface area (Å²) >= 11 is 0. The number of hydrogen-bond donors (Lipinski definition) is 3. The monoisotopic (exact) mass is 268 g/mol. The predicted molar refractivity (Wildman–Crippen MR) is 67.3 cm³/mol. The fourth-order valence-corrected chi connectivity index (χ4v) is 1.39. The van der Waals surface area contributed by atoms with Crippen molar-refractivity contribution >= 4 is 11.7 Å². The average molecular weight is 268 g/mol. The van der Waals surface area contributed by atoms with Gasteiger partial charge in [0.25, 0.3) is 0 Å². The van der Waals surface area contributed by atoms with Gasteiger partial charge in [-0.25, -0.2) is 4.79 Å². The van der Waals surface area contributed by atoms with E-state index in [-0.39, 0.29) is 22.7 Å². The van der Waals surface area contributed by atoms with Crippen molar-refractivity contribution in [3.63, 3.8) is 0 Å². The molecule has 0 bridgehead atoms. The summed E-state index contributed by atoms with van der Waals surface area (Å²) in [6.45, 7) is 1.54. The molecule has 0 aliphatic carbocycles. The van der Waals surface area contributed by atoms with E-state index >= 15 is 0 Å². The van der Waals surface area contributed by atoms with E-state index < -0.39 is 11.5 Å². The van der Waals surface area contributed by atoms with Crippen LogP contribution in [0.15, 0.2) is 23.4 Å². The Morgan fingerprint density at radius 1 is 1.20 bits per heavy atom. The van der Waals surface area contributed by atoms with Crippen molar-refractivity contribution in [1.82, 2.24) is 0 Å². The number of aromatic hydroxyl groups is 1. The van der Waals surface area contributed by atoms with Gasteiger partial charge in [0.05, 0.1) is 11.3 Å². The summed E-state index contributed by atoms with van der Waals surface area (Å²) in [5.74, 6) is -1.54. The molecule has 0 unspecified atom stereocenters. The largest absolute Gasteiger partial charge is 0.508 e. The molecule has 0 amide bonds. The summed E-state index contributed by atoms with van der Waals surface area (Å²) < 4.78 is 0. The standard InChI is InChI=1S/C13H8N4O3/c1-7-2-10(9(13(19)20)3-12(7)18)17-11(6-16)8(4-14)5-15/h2-3,17-18H,1H3,(H,19,20). The smallest absolute Gasteiger partial charge is 0.337 e. The Morgan fingerprint density at radius 3 is 2.25 bits per heavy atom. The van der Waals surface area contributed by atoms with Crippen LogP contribution >= 0.6 is 0 Å². The molecule has 20 heavy (non-hydrogen) atoms. The number of carbonyl (C=O) groups is 1. The topological polar surface area (TPSA) is 141 Å². The second-order valence-corrected chi connectivity index (χ2v) is 3.70. The van der Waals surface area contributed by atoms with Crippen LogP contribution in [0.5, 0.6) is 5.75 Å². The van der Waals surface area contributed by atoms with Crippen LogP contribution in [-0.4, -0.2) is 16.2 Å². The van der Waals surface area contributed by atoms with Gasteiger partial charge in [-0.3, -0.25) is 0 Å². The lowest BCUT2D eigenvalue weighted by atomic mass is 10.1. The molecule has 0 saturated heterocycles. The minimum atomic E-state index is -1.32. The number of phenols is 1. The second-order valence-electron chi connectivity index (χ2n) is 3.70. The van der Waals surface area contributed by atoms with Crippen molar-refractivity contribution in [3.05, 3.63) is 34.5 Å². The lowest BCUT2D eigenvalue weighted by Gasteiger charge is -2.10. The first-order valence-electron chi connectivity index (χ1n) is 5.23. The lowest BCUT2D eigenvalue weighted by Crippen LogP contribution is -2.07. The number of carboxylic acids is 1. The summed E-state index contributed by atoms with van der Waals surface area (Å²) in [6, 6.07) is 7.02. The Labute approximate surface area is 114 Å². The number of phenolic OH excluding ortho intramolecular Hbond substituents is 1. The van der Waals surface area contributed by atoms with Gasteiger partial charge in [-0.1, -0.05) is 0 Å². The molecule has 98 valence electrons. The number of allylic oxidation sites excluding steroid dienone is 2. The molecule has 0 aromatic heterocycles. The molecule has 3 N–H and O–H groups in total. The molecule has 7 heteroatoms. The van der Waals surface area contributed by atoms with E-state index in [0.29, 0.717) is 5.56 Å². The van der Waals surface area contributed by atoms with Gasteiger partial charge in [0.2, 0.25) is 0 Å². The number of anilines is 1. The highest BCUT2D eigenvalue weighted by atomic mass is 16.4. The first-order chi connectivity index (χ1) is 9.44. The second kappa shape index (κ2) is 5.90. The first-order valence-corrected chi connectivity index (χ1v) is 5.23. The van der Waals surface area contributed by atoms with E-state index in [1.165, 1.54) is 25.1 Å². The molecule has 0 saturated carbocycles. The average Bonchev–Trinajstić information content (AvgIpc) is 2.42. The molecule has 7 nitrogen and oxygen atoms in total. The molecule has 1 aromatic carbocycles. The zero-order chi connectivity index (χ0) is 15.3. The highest BCUT2D eigenvalue weighted by Gasteiger charge is 2.15. The van der Waals surface area contributed by atoms with Crippen LogP contribution in [0, 0.1) is 40.9 Å². The van der Waals surface area contributed by atoms with Crippen molar-refractivity contribution < 1.29 is 15.0 Å². The van der Waals surface area contributed by atoms with E-state index in [0.717, 1.165) is 6.07 Å². The van der Waals surface area contributed by atoms with Gasteiger partial charge in [0, 0.05) is 0 Å². The third-order valence-electron chi connectivity index (χ3n) is 2.41. The number of benzene rings is 1. The van der Waals surface area contributed by atoms with Gasteiger partial charge in [-0.05, 0) is 24.6 Å². The molecule has 0 spiro atoms. The molecule has 0 radical (unpaired) electrons. The van der Waals surface area contributed by atoms with Gasteiger partial charge < -0.3 is 15.5 Å². The zero-order valence-electron chi connectivity index (χ0n) is 10.3. The molecule has 0 fully saturated rings. The van der Waals surface area contributed by atoms with E-state index in [9.17, 15) is 9.90 Å². The maximum absolute atomic E-state index is 11.1. The van der Waals surface area contributed by atoms with E-state index in [4.69, 9.17) is 20.9 Å². The van der Waals surface area contributed by atoms with Crippen LogP contribution in [-0.2, 0) is 0 Å². The normalized spacial score (nSPS) is 8.70. The number of rotatable bonds is 3. The molecule has 0 atom stereocenters. The summed E-state index contributed by atoms with van der Waals surface area (Å²) in [7, 11) is 0. The highest BCUT2D eigenvalue weighted by molar-refractivity contribution is 5.95. The number of aryl methyl sites for hydroxylation is 1. The molecule has 1 aromatic rings. The van der Waals surface area contributed by atoms with Crippen LogP contribution < -0.4 is 5.32 Å². The fourth-order valence-electron chi connectivity index (χ4n) is 1.39. The van der Waals surface area contributed by atoms with Crippen molar-refractivity contribution in [2.75, 3.05) is 5.32 Å². The SMILES string of the molecule is Cc1cc(NC(C#N)=C(C#N)C#N)c(C(=O)O)cc1O. The van der Waals surface area contributed by atoms with Gasteiger partial charge in [0.15, 0.2) is 5.57 Å². The third kappa shape index (κ3) is 2.84. The Morgan fingerprint density at radius 2 is 1.80 bits per heavy atom. The predicted octanol–water partition coefficient (Wildman–Crippen LogP) is 1.64. The molecule has 0 aliphatic heterocycles. The summed E-state index contributed by atoms with van der Waals surface area (Å²) in [6.07, 6.45) is 0. The Bertz CT molecular complexity index is 714. The summed E-state index contributed by atoms with van der Waals surface area (Å²) in [5.41, 5.74) is -0.717. The quantitative estimate of drug-likeness (QED) is 0.558. The van der Waals surface area contributed by atoms with Crippen molar-refractivity contribution in [1.29, 1.82) is 15.8 Å². The number of carboxylic acid groups (broad SMARTS) is 1. The maximum Gasteiger partial charge on any atom is 0.337 e. The van der Waals surface area contributed by atoms with Crippen molar-refractivity contribution in [3.8, 4) is 24.0 Å². The first kappa shape index (κ1) is 14.6. The van der Waals surface area contributed by atoms with Crippen LogP contribution in [0.25, 0.3) is 0 Å². The molecule has 0 aliphatic rings. The van der Waals surface area contributed by atoms with E-state index in [2.05, 4.69) is 5.32 Å². The lowest BCUT2D eigenvalue weighted by molar-refractivity contribution is 0.0697. The minimum absolute atomic E-state index is 0.00681. The molecule has 0 heterocycles. The summed E-state index contributed by atoms with van der Waals surface area (Å²) in [4.78, 5) is 11.1. The Balaban J connectivity index is 3.43. The highest BCUT2D eigenvalue weighted by Crippen LogP contribution is 2.27. The van der Waals surface area contributed by atoms with Gasteiger partial charge >= 0.3 is 5.97 Å². The minimum Gasteiger partial charge on any atom is -0.508 e. The molecule has 1 rings (SSSR count). The summed E-state index contributed by atoms with van der Waals surface area (Å²) in [5, 5.41) is 47.3. The van der Waals surface area contributed by atoms with Crippen molar-refractivity contribution in [2.24, 2.45) is 0 Å². The fraction of sp³-hybridized carbons (Fsp3) is 0.0769. The van der Waals surface area contributed by atoms with E-state index in [1.807, 2.05) is 0 Å². The zero-order valence-corrected chi connectivity index (χ0v) is 10.3. The maximum atomic E-state index is 11.1. The van der Waals surface area contributed by atoms with Crippen LogP contribution in [0.3, 0.4) is 0 Å². The van der Waals surface area contributed by atoms with Crippen LogP contribution in [0.4, 0.5) is 5.69 Å². The van der Waals surface area contributed by atoms with Gasteiger partial charge in [-0.2, -0.15) is 15.8 Å². The van der Waals surface area contributed by atoms with Crippen LogP contribution in [0.1, 0.15) is 15.9 Å². The Kier molecular flexibility index (Phi) is 4.30. The van der Waals surface area contributed by atoms with E-state index in [1.54, 1.807) is 6.07 Å². The molecular formula is C13H8N4O3. The number of nitrogens with zero attached hydrogens (tertiary/aromatic N) is 3. The van der Waals surface area contributed by atoms with Crippen LogP contribution in [0.2, 0.25) is 0 Å². The number of nitrogens with one attached hydrogen (secondary N) is 1. The number of nitriles is 3. The Hall–Kier alpha value is -3.50.